The summed E-state index contributed by atoms with van der Waals surface area (Å²) in [4.78, 5) is 0. The zero-order chi connectivity index (χ0) is 11.4. The number of nitrogens with one attached hydrogen (secondary N) is 1. The standard InChI is InChI=1S/C13H20N2O/c14-9-13(11-5-7-15-8-6-11)10-1-3-12(16)4-2-10/h1-4,11,13,15-16H,5-9,14H2. The molecular formula is C13H20N2O. The summed E-state index contributed by atoms with van der Waals surface area (Å²) in [7, 11) is 0. The largest absolute Gasteiger partial charge is 0.508 e. The number of aromatic hydroxyl groups is 1. The van der Waals surface area contributed by atoms with Crippen molar-refractivity contribution in [3.8, 4) is 5.75 Å². The first kappa shape index (κ1) is 11.4. The topological polar surface area (TPSA) is 58.3 Å². The highest BCUT2D eigenvalue weighted by Gasteiger charge is 2.23. The van der Waals surface area contributed by atoms with Crippen LogP contribution in [0.1, 0.15) is 24.3 Å². The fourth-order valence-electron chi connectivity index (χ4n) is 2.57. The highest BCUT2D eigenvalue weighted by molar-refractivity contribution is 5.29. The highest BCUT2D eigenvalue weighted by atomic mass is 16.3. The van der Waals surface area contributed by atoms with Gasteiger partial charge in [0.15, 0.2) is 0 Å². The van der Waals surface area contributed by atoms with E-state index in [1.165, 1.54) is 18.4 Å². The van der Waals surface area contributed by atoms with Gasteiger partial charge in [-0.3, -0.25) is 0 Å². The second-order valence-electron chi connectivity index (χ2n) is 4.52. The third-order valence-corrected chi connectivity index (χ3v) is 3.53. The van der Waals surface area contributed by atoms with Crippen LogP contribution in [-0.2, 0) is 0 Å². The maximum Gasteiger partial charge on any atom is 0.115 e. The lowest BCUT2D eigenvalue weighted by Gasteiger charge is -2.30. The van der Waals surface area contributed by atoms with E-state index >= 15 is 0 Å². The van der Waals surface area contributed by atoms with Crippen molar-refractivity contribution in [2.75, 3.05) is 19.6 Å². The van der Waals surface area contributed by atoms with Gasteiger partial charge in [0, 0.05) is 0 Å². The molecular weight excluding hydrogens is 200 g/mol. The molecule has 0 bridgehead atoms. The Balaban J connectivity index is 2.11. The van der Waals surface area contributed by atoms with Crippen LogP contribution in [0.15, 0.2) is 24.3 Å². The van der Waals surface area contributed by atoms with E-state index < -0.39 is 0 Å². The first-order chi connectivity index (χ1) is 7.81. The molecule has 16 heavy (non-hydrogen) atoms. The van der Waals surface area contributed by atoms with Crippen LogP contribution in [0, 0.1) is 5.92 Å². The van der Waals surface area contributed by atoms with Crippen LogP contribution in [0.4, 0.5) is 0 Å². The molecule has 2 rings (SSSR count). The van der Waals surface area contributed by atoms with E-state index in [0.717, 1.165) is 13.1 Å². The number of hydrogen-bond acceptors (Lipinski definition) is 3. The van der Waals surface area contributed by atoms with Gasteiger partial charge in [0.1, 0.15) is 5.75 Å². The summed E-state index contributed by atoms with van der Waals surface area (Å²) in [5.41, 5.74) is 7.15. The molecule has 0 amide bonds. The first-order valence-corrected chi connectivity index (χ1v) is 6.01. The minimum absolute atomic E-state index is 0.324. The number of piperidine rings is 1. The minimum atomic E-state index is 0.324. The van der Waals surface area contributed by atoms with Gasteiger partial charge in [-0.1, -0.05) is 12.1 Å². The van der Waals surface area contributed by atoms with E-state index in [1.807, 2.05) is 12.1 Å². The zero-order valence-electron chi connectivity index (χ0n) is 9.52. The molecule has 1 saturated heterocycles. The van der Waals surface area contributed by atoms with E-state index in [0.29, 0.717) is 24.1 Å². The molecule has 88 valence electrons. The molecule has 0 aromatic heterocycles. The smallest absolute Gasteiger partial charge is 0.115 e. The zero-order valence-corrected chi connectivity index (χ0v) is 9.52. The molecule has 0 spiro atoms. The molecule has 1 unspecified atom stereocenters. The number of nitrogens with two attached hydrogens (primary N) is 1. The van der Waals surface area contributed by atoms with Crippen molar-refractivity contribution in [3.63, 3.8) is 0 Å². The average Bonchev–Trinajstić information content (AvgIpc) is 2.34. The van der Waals surface area contributed by atoms with Gasteiger partial charge in [-0.05, 0) is 62.0 Å². The predicted octanol–water partition coefficient (Wildman–Crippen LogP) is 1.43. The molecule has 1 fully saturated rings. The van der Waals surface area contributed by atoms with E-state index in [1.54, 1.807) is 12.1 Å². The van der Waals surface area contributed by atoms with Gasteiger partial charge in [0.05, 0.1) is 0 Å². The van der Waals surface area contributed by atoms with E-state index in [4.69, 9.17) is 5.73 Å². The summed E-state index contributed by atoms with van der Waals surface area (Å²) in [6.45, 7) is 2.88. The molecule has 1 atom stereocenters. The number of benzene rings is 1. The van der Waals surface area contributed by atoms with Gasteiger partial charge in [0.2, 0.25) is 0 Å². The van der Waals surface area contributed by atoms with Gasteiger partial charge >= 0.3 is 0 Å². The van der Waals surface area contributed by atoms with Crippen molar-refractivity contribution in [1.82, 2.24) is 5.32 Å². The summed E-state index contributed by atoms with van der Waals surface area (Å²) in [5.74, 6) is 1.43. The monoisotopic (exact) mass is 220 g/mol. The Kier molecular flexibility index (Phi) is 3.80. The Bertz CT molecular complexity index is 317. The van der Waals surface area contributed by atoms with Crippen molar-refractivity contribution in [2.45, 2.75) is 18.8 Å². The average molecular weight is 220 g/mol. The van der Waals surface area contributed by atoms with Crippen molar-refractivity contribution >= 4 is 0 Å². The van der Waals surface area contributed by atoms with Crippen molar-refractivity contribution in [2.24, 2.45) is 11.7 Å². The molecule has 0 radical (unpaired) electrons. The summed E-state index contributed by atoms with van der Waals surface area (Å²) < 4.78 is 0. The molecule has 0 aliphatic carbocycles. The van der Waals surface area contributed by atoms with Gasteiger partial charge in [-0.2, -0.15) is 0 Å². The Morgan fingerprint density at radius 1 is 1.25 bits per heavy atom. The van der Waals surface area contributed by atoms with E-state index in [-0.39, 0.29) is 0 Å². The second kappa shape index (κ2) is 5.32. The third-order valence-electron chi connectivity index (χ3n) is 3.53. The molecule has 3 heteroatoms. The van der Waals surface area contributed by atoms with E-state index in [9.17, 15) is 5.11 Å². The van der Waals surface area contributed by atoms with Crippen molar-refractivity contribution in [3.05, 3.63) is 29.8 Å². The second-order valence-corrected chi connectivity index (χ2v) is 4.52. The van der Waals surface area contributed by atoms with Crippen LogP contribution in [0.2, 0.25) is 0 Å². The van der Waals surface area contributed by atoms with Crippen LogP contribution in [0.5, 0.6) is 5.75 Å². The predicted molar refractivity (Wildman–Crippen MR) is 65.5 cm³/mol. The van der Waals surface area contributed by atoms with Crippen LogP contribution in [-0.4, -0.2) is 24.7 Å². The lowest BCUT2D eigenvalue weighted by atomic mass is 9.80. The Morgan fingerprint density at radius 2 is 1.88 bits per heavy atom. The maximum absolute atomic E-state index is 9.28. The fraction of sp³-hybridized carbons (Fsp3) is 0.538. The normalized spacial score (nSPS) is 19.6. The van der Waals surface area contributed by atoms with Crippen LogP contribution >= 0.6 is 0 Å². The number of phenolic OH excluding ortho intramolecular Hbond substituents is 1. The van der Waals surface area contributed by atoms with E-state index in [2.05, 4.69) is 5.32 Å². The molecule has 1 aromatic carbocycles. The van der Waals surface area contributed by atoms with Crippen molar-refractivity contribution < 1.29 is 5.11 Å². The number of hydrogen-bond donors (Lipinski definition) is 3. The van der Waals surface area contributed by atoms with Crippen molar-refractivity contribution in [1.29, 1.82) is 0 Å². The molecule has 4 N–H and O–H groups in total. The molecule has 1 aromatic rings. The van der Waals surface area contributed by atoms with Gasteiger partial charge < -0.3 is 16.2 Å². The minimum Gasteiger partial charge on any atom is -0.508 e. The SMILES string of the molecule is NCC(c1ccc(O)cc1)C1CCNCC1. The van der Waals surface area contributed by atoms with Crippen LogP contribution < -0.4 is 11.1 Å². The highest BCUT2D eigenvalue weighted by Crippen LogP contribution is 2.30. The van der Waals surface area contributed by atoms with Gasteiger partial charge in [-0.15, -0.1) is 0 Å². The van der Waals surface area contributed by atoms with Crippen LogP contribution in [0.25, 0.3) is 0 Å². The summed E-state index contributed by atoms with van der Waals surface area (Å²) in [5, 5.41) is 12.7. The Labute approximate surface area is 96.7 Å². The lowest BCUT2D eigenvalue weighted by molar-refractivity contribution is 0.321. The Hall–Kier alpha value is -1.06. The fourth-order valence-corrected chi connectivity index (χ4v) is 2.57. The lowest BCUT2D eigenvalue weighted by Crippen LogP contribution is -2.33. The third kappa shape index (κ3) is 2.54. The maximum atomic E-state index is 9.28. The quantitative estimate of drug-likeness (QED) is 0.722. The Morgan fingerprint density at radius 3 is 2.44 bits per heavy atom. The molecule has 3 nitrogen and oxygen atoms in total. The number of rotatable bonds is 3. The molecule has 1 aliphatic rings. The number of phenols is 1. The van der Waals surface area contributed by atoms with Crippen LogP contribution in [0.3, 0.4) is 0 Å². The molecule has 1 aliphatic heterocycles. The summed E-state index contributed by atoms with van der Waals surface area (Å²) in [6.07, 6.45) is 2.39. The van der Waals surface area contributed by atoms with Gasteiger partial charge in [-0.25, -0.2) is 0 Å². The first-order valence-electron chi connectivity index (χ1n) is 6.01. The van der Waals surface area contributed by atoms with Gasteiger partial charge in [0.25, 0.3) is 0 Å². The summed E-state index contributed by atoms with van der Waals surface area (Å²) >= 11 is 0. The molecule has 1 heterocycles. The summed E-state index contributed by atoms with van der Waals surface area (Å²) in [6, 6.07) is 7.49. The molecule has 0 saturated carbocycles.